The summed E-state index contributed by atoms with van der Waals surface area (Å²) in [5, 5.41) is 18.5. The first kappa shape index (κ1) is 9.17. The van der Waals surface area contributed by atoms with Gasteiger partial charge in [0.15, 0.2) is 0 Å². The predicted molar refractivity (Wildman–Crippen MR) is 53.6 cm³/mol. The Bertz CT molecular complexity index is 226. The third-order valence-electron chi connectivity index (χ3n) is 5.20. The number of hydrogen-bond donors (Lipinski definition) is 2. The van der Waals surface area contributed by atoms with Gasteiger partial charge in [0.2, 0.25) is 0 Å². The van der Waals surface area contributed by atoms with E-state index in [0.717, 1.165) is 23.7 Å². The lowest BCUT2D eigenvalue weighted by Gasteiger charge is -2.30. The van der Waals surface area contributed by atoms with Crippen LogP contribution in [0.5, 0.6) is 0 Å². The summed E-state index contributed by atoms with van der Waals surface area (Å²) >= 11 is 0. The van der Waals surface area contributed by atoms with Crippen LogP contribution in [0.2, 0.25) is 0 Å². The molecule has 2 heteroatoms. The summed E-state index contributed by atoms with van der Waals surface area (Å²) in [6, 6.07) is 0. The molecule has 0 radical (unpaired) electrons. The van der Waals surface area contributed by atoms with Gasteiger partial charge >= 0.3 is 0 Å². The van der Waals surface area contributed by atoms with Crippen molar-refractivity contribution in [2.75, 3.05) is 13.2 Å². The van der Waals surface area contributed by atoms with Gasteiger partial charge in [-0.3, -0.25) is 0 Å². The van der Waals surface area contributed by atoms with Crippen LogP contribution in [0.4, 0.5) is 0 Å². The number of fused-ring (bicyclic) bond motifs is 5. The van der Waals surface area contributed by atoms with Gasteiger partial charge in [-0.1, -0.05) is 0 Å². The van der Waals surface area contributed by atoms with Crippen molar-refractivity contribution in [2.45, 2.75) is 25.7 Å². The second-order valence-electron chi connectivity index (χ2n) is 5.69. The molecule has 0 aliphatic heterocycles. The fourth-order valence-corrected chi connectivity index (χ4v) is 4.68. The molecule has 3 aliphatic rings. The van der Waals surface area contributed by atoms with E-state index < -0.39 is 0 Å². The molecule has 0 aromatic rings. The van der Waals surface area contributed by atoms with E-state index in [-0.39, 0.29) is 0 Å². The van der Waals surface area contributed by atoms with Crippen molar-refractivity contribution in [2.24, 2.45) is 35.5 Å². The highest BCUT2D eigenvalue weighted by Crippen LogP contribution is 2.61. The van der Waals surface area contributed by atoms with E-state index in [1.165, 1.54) is 25.7 Å². The molecule has 0 aromatic heterocycles. The largest absolute Gasteiger partial charge is 0.396 e. The van der Waals surface area contributed by atoms with Gasteiger partial charge < -0.3 is 10.2 Å². The Hall–Kier alpha value is -0.0800. The summed E-state index contributed by atoms with van der Waals surface area (Å²) in [7, 11) is 0. The van der Waals surface area contributed by atoms with Crippen LogP contribution in [-0.2, 0) is 0 Å². The highest BCUT2D eigenvalue weighted by molar-refractivity contribution is 5.04. The van der Waals surface area contributed by atoms with E-state index in [1.807, 2.05) is 0 Å². The molecule has 3 rings (SSSR count). The third kappa shape index (κ3) is 1.10. The van der Waals surface area contributed by atoms with Crippen LogP contribution < -0.4 is 0 Å². The molecule has 14 heavy (non-hydrogen) atoms. The average Bonchev–Trinajstić information content (AvgIpc) is 2.87. The molecule has 0 saturated heterocycles. The molecule has 80 valence electrons. The Morgan fingerprint density at radius 3 is 2.29 bits per heavy atom. The molecule has 0 unspecified atom stereocenters. The molecular formula is C12H20O2. The molecule has 0 spiro atoms. The zero-order valence-electron chi connectivity index (χ0n) is 8.60. The van der Waals surface area contributed by atoms with Crippen molar-refractivity contribution in [1.29, 1.82) is 0 Å². The third-order valence-corrected chi connectivity index (χ3v) is 5.20. The normalized spacial score (nSPS) is 55.3. The smallest absolute Gasteiger partial charge is 0.0462 e. The van der Waals surface area contributed by atoms with Crippen molar-refractivity contribution in [3.05, 3.63) is 0 Å². The minimum Gasteiger partial charge on any atom is -0.396 e. The Kier molecular flexibility index (Phi) is 2.10. The van der Waals surface area contributed by atoms with E-state index in [1.54, 1.807) is 0 Å². The van der Waals surface area contributed by atoms with Crippen molar-refractivity contribution in [1.82, 2.24) is 0 Å². The Labute approximate surface area is 85.3 Å². The first-order chi connectivity index (χ1) is 6.83. The van der Waals surface area contributed by atoms with Crippen LogP contribution in [0, 0.1) is 35.5 Å². The van der Waals surface area contributed by atoms with Gasteiger partial charge in [-0.05, 0) is 61.2 Å². The van der Waals surface area contributed by atoms with E-state index >= 15 is 0 Å². The first-order valence-corrected chi connectivity index (χ1v) is 6.05. The zero-order valence-corrected chi connectivity index (χ0v) is 8.60. The molecule has 0 aromatic carbocycles. The van der Waals surface area contributed by atoms with Gasteiger partial charge in [0, 0.05) is 13.2 Å². The van der Waals surface area contributed by atoms with Crippen LogP contribution in [-0.4, -0.2) is 23.4 Å². The monoisotopic (exact) mass is 196 g/mol. The summed E-state index contributed by atoms with van der Waals surface area (Å²) in [5.41, 5.74) is 0. The summed E-state index contributed by atoms with van der Waals surface area (Å²) in [5.74, 6) is 4.61. The van der Waals surface area contributed by atoms with Crippen LogP contribution in [0.25, 0.3) is 0 Å². The standard InChI is InChI=1S/C12H20O2/c13-5-7-1-10-8-3-9(6-14)11(4-8)12(10)2-7/h7-14H,1-6H2/t7-,8-,9-,10+,11+,12+/m1/s1. The number of aliphatic hydroxyl groups excluding tert-OH is 2. The maximum atomic E-state index is 9.28. The summed E-state index contributed by atoms with van der Waals surface area (Å²) < 4.78 is 0. The lowest BCUT2D eigenvalue weighted by atomic mass is 9.76. The zero-order chi connectivity index (χ0) is 9.71. The van der Waals surface area contributed by atoms with Crippen LogP contribution >= 0.6 is 0 Å². The Morgan fingerprint density at radius 2 is 1.57 bits per heavy atom. The molecule has 3 saturated carbocycles. The van der Waals surface area contributed by atoms with Gasteiger partial charge in [-0.25, -0.2) is 0 Å². The summed E-state index contributed by atoms with van der Waals surface area (Å²) in [6.07, 6.45) is 5.14. The van der Waals surface area contributed by atoms with E-state index in [0.29, 0.717) is 25.0 Å². The average molecular weight is 196 g/mol. The quantitative estimate of drug-likeness (QED) is 0.698. The molecule has 2 N–H and O–H groups in total. The van der Waals surface area contributed by atoms with Gasteiger partial charge in [0.1, 0.15) is 0 Å². The van der Waals surface area contributed by atoms with Crippen LogP contribution in [0.15, 0.2) is 0 Å². The first-order valence-electron chi connectivity index (χ1n) is 6.05. The van der Waals surface area contributed by atoms with Crippen molar-refractivity contribution in [3.63, 3.8) is 0 Å². The minimum absolute atomic E-state index is 0.385. The molecule has 2 bridgehead atoms. The molecule has 0 amide bonds. The van der Waals surface area contributed by atoms with E-state index in [2.05, 4.69) is 0 Å². The second-order valence-corrected chi connectivity index (χ2v) is 5.69. The van der Waals surface area contributed by atoms with Crippen LogP contribution in [0.3, 0.4) is 0 Å². The highest BCUT2D eigenvalue weighted by atomic mass is 16.3. The Morgan fingerprint density at radius 1 is 0.786 bits per heavy atom. The van der Waals surface area contributed by atoms with E-state index in [9.17, 15) is 10.2 Å². The summed E-state index contributed by atoms with van der Waals surface area (Å²) in [4.78, 5) is 0. The molecule has 6 atom stereocenters. The maximum absolute atomic E-state index is 9.28. The van der Waals surface area contributed by atoms with Crippen LogP contribution in [0.1, 0.15) is 25.7 Å². The number of rotatable bonds is 2. The second kappa shape index (κ2) is 3.21. The highest BCUT2D eigenvalue weighted by Gasteiger charge is 2.55. The lowest BCUT2D eigenvalue weighted by molar-refractivity contribution is 0.120. The molecular weight excluding hydrogens is 176 g/mol. The molecule has 2 nitrogen and oxygen atoms in total. The number of hydrogen-bond acceptors (Lipinski definition) is 2. The fraction of sp³-hybridized carbons (Fsp3) is 1.00. The topological polar surface area (TPSA) is 40.5 Å². The SMILES string of the molecule is OC[C@H]1C[C@H]2[C@@H](C1)[C@@H]1C[C@H](CO)[C@@H]2C1. The van der Waals surface area contributed by atoms with Gasteiger partial charge in [0.25, 0.3) is 0 Å². The molecule has 3 fully saturated rings. The van der Waals surface area contributed by atoms with E-state index in [4.69, 9.17) is 0 Å². The van der Waals surface area contributed by atoms with Crippen molar-refractivity contribution in [3.8, 4) is 0 Å². The molecule has 0 heterocycles. The maximum Gasteiger partial charge on any atom is 0.0462 e. The Balaban J connectivity index is 1.75. The van der Waals surface area contributed by atoms with Gasteiger partial charge in [-0.2, -0.15) is 0 Å². The van der Waals surface area contributed by atoms with Gasteiger partial charge in [0.05, 0.1) is 0 Å². The lowest BCUT2D eigenvalue weighted by Crippen LogP contribution is -2.26. The molecule has 3 aliphatic carbocycles. The fourth-order valence-electron chi connectivity index (χ4n) is 4.68. The van der Waals surface area contributed by atoms with Crippen molar-refractivity contribution >= 4 is 0 Å². The number of aliphatic hydroxyl groups is 2. The van der Waals surface area contributed by atoms with Gasteiger partial charge in [-0.15, -0.1) is 0 Å². The van der Waals surface area contributed by atoms with Crippen molar-refractivity contribution < 1.29 is 10.2 Å². The summed E-state index contributed by atoms with van der Waals surface area (Å²) in [6.45, 7) is 0.782. The minimum atomic E-state index is 0.385. The predicted octanol–water partition coefficient (Wildman–Crippen LogP) is 1.27.